The highest BCUT2D eigenvalue weighted by molar-refractivity contribution is 5.03. The summed E-state index contributed by atoms with van der Waals surface area (Å²) in [6.45, 7) is 18.7. The lowest BCUT2D eigenvalue weighted by Gasteiger charge is -1.52. The Morgan fingerprint density at radius 1 is 1.05 bits per heavy atom. The van der Waals surface area contributed by atoms with E-state index in [2.05, 4.69) is 62.7 Å². The highest BCUT2D eigenvalue weighted by Crippen LogP contribution is 1.58. The van der Waals surface area contributed by atoms with Crippen LogP contribution in [0.15, 0.2) is 56.4 Å². The highest BCUT2D eigenvalue weighted by Gasteiger charge is 1.43. The number of rotatable bonds is 1. The number of hydrogen-bond acceptors (Lipinski definition) is 0. The lowest BCUT2D eigenvalue weighted by molar-refractivity contribution is 1.28. The van der Waals surface area contributed by atoms with E-state index in [4.69, 9.17) is 6.42 Å². The van der Waals surface area contributed by atoms with Gasteiger partial charge >= 0.3 is 0 Å². The molecule has 0 radical (unpaired) electrons. The molecule has 0 aromatic carbocycles. The van der Waals surface area contributed by atoms with E-state index in [1.165, 1.54) is 6.08 Å². The van der Waals surface area contributed by atoms with Crippen LogP contribution in [-0.4, -0.2) is 0 Å². The lowest BCUT2D eigenvalue weighted by Crippen LogP contribution is -1.38. The van der Waals surface area contributed by atoms with Crippen LogP contribution in [-0.2, 0) is 0 Å². The summed E-state index contributed by atoms with van der Waals surface area (Å²) < 4.78 is 0. The molecule has 0 unspecified atom stereocenters. The van der Waals surface area contributed by atoms with E-state index in [9.17, 15) is 0 Å². The van der Waals surface area contributed by atoms with Crippen molar-refractivity contribution in [1.82, 2.24) is 0 Å². The summed E-state index contributed by atoms with van der Waals surface area (Å²) in [6.07, 6.45) is 21.3. The molecule has 0 N–H and O–H groups in total. The van der Waals surface area contributed by atoms with E-state index in [-0.39, 0.29) is 0 Å². The molecule has 0 rings (SSSR count). The molecule has 0 bridgehead atoms. The van der Waals surface area contributed by atoms with Crippen molar-refractivity contribution in [3.8, 4) is 37.0 Å². The number of allylic oxidation sites excluding steroid dienone is 4. The van der Waals surface area contributed by atoms with Gasteiger partial charge in [0.15, 0.2) is 0 Å². The van der Waals surface area contributed by atoms with Crippen LogP contribution in [0.3, 0.4) is 0 Å². The van der Waals surface area contributed by atoms with Gasteiger partial charge in [0.1, 0.15) is 0 Å². The summed E-state index contributed by atoms with van der Waals surface area (Å²) in [5, 5.41) is 0. The molecule has 0 nitrogen and oxygen atoms in total. The maximum absolute atomic E-state index is 4.78. The predicted octanol–water partition coefficient (Wildman–Crippen LogP) is 5.18. The molecule has 0 aliphatic rings. The van der Waals surface area contributed by atoms with E-state index in [0.717, 1.165) is 6.42 Å². The van der Waals surface area contributed by atoms with E-state index in [1.807, 2.05) is 13.8 Å². The van der Waals surface area contributed by atoms with Crippen LogP contribution in [0.25, 0.3) is 0 Å². The first-order valence-corrected chi connectivity index (χ1v) is 5.49. The zero-order valence-electron chi connectivity index (χ0n) is 12.6. The van der Waals surface area contributed by atoms with Gasteiger partial charge in [-0.25, -0.2) is 0 Å². The summed E-state index contributed by atoms with van der Waals surface area (Å²) in [5.41, 5.74) is 2.56. The van der Waals surface area contributed by atoms with E-state index < -0.39 is 0 Å². The minimum atomic E-state index is 0.847. The van der Waals surface area contributed by atoms with Crippen LogP contribution < -0.4 is 0 Å². The van der Waals surface area contributed by atoms with Crippen LogP contribution in [0.4, 0.5) is 0 Å². The molecule has 19 heavy (non-hydrogen) atoms. The van der Waals surface area contributed by atoms with Gasteiger partial charge in [0, 0.05) is 6.42 Å². The zero-order valence-corrected chi connectivity index (χ0v) is 12.6. The topological polar surface area (TPSA) is 0 Å². The molecule has 0 aromatic heterocycles. The SMILES string of the molecule is C#CC.C#CC=C.C#CCC.C=C=CC.C=CC=C. The van der Waals surface area contributed by atoms with Crippen molar-refractivity contribution in [3.63, 3.8) is 0 Å². The Morgan fingerprint density at radius 2 is 1.26 bits per heavy atom. The van der Waals surface area contributed by atoms with Crippen molar-refractivity contribution in [2.45, 2.75) is 27.2 Å². The Hall–Kier alpha value is -2.58. The fourth-order valence-electron chi connectivity index (χ4n) is 0. The fraction of sp³-hybridized carbons (Fsp3) is 0.211. The maximum atomic E-state index is 4.78. The summed E-state index contributed by atoms with van der Waals surface area (Å²) >= 11 is 0. The van der Waals surface area contributed by atoms with Gasteiger partial charge < -0.3 is 0 Å². The van der Waals surface area contributed by atoms with Crippen LogP contribution in [0, 0.1) is 37.0 Å². The normalized spacial score (nSPS) is 4.21. The molecule has 0 fully saturated rings. The third kappa shape index (κ3) is 1380. The van der Waals surface area contributed by atoms with E-state index in [0.29, 0.717) is 0 Å². The minimum Gasteiger partial charge on any atom is -0.133 e. The fourth-order valence-corrected chi connectivity index (χ4v) is 0. The van der Waals surface area contributed by atoms with Crippen molar-refractivity contribution in [2.24, 2.45) is 0 Å². The van der Waals surface area contributed by atoms with Crippen molar-refractivity contribution < 1.29 is 0 Å². The number of hydrogen-bond donors (Lipinski definition) is 0. The summed E-state index contributed by atoms with van der Waals surface area (Å²) in [4.78, 5) is 0. The first-order chi connectivity index (χ1) is 9.07. The average molecular weight is 254 g/mol. The highest BCUT2D eigenvalue weighted by atomic mass is 13.5. The first kappa shape index (κ1) is 29.9. The first-order valence-electron chi connectivity index (χ1n) is 5.49. The Balaban J connectivity index is -0.0000000432. The quantitative estimate of drug-likeness (QED) is 0.343. The molecule has 0 atom stereocenters. The molecule has 0 heteroatoms. The summed E-state index contributed by atoms with van der Waals surface area (Å²) in [6, 6.07) is 0. The van der Waals surface area contributed by atoms with Gasteiger partial charge in [0.25, 0.3) is 0 Å². The Morgan fingerprint density at radius 3 is 1.26 bits per heavy atom. The van der Waals surface area contributed by atoms with Gasteiger partial charge in [0.05, 0.1) is 0 Å². The molecule has 0 aliphatic heterocycles. The van der Waals surface area contributed by atoms with Crippen molar-refractivity contribution in [3.05, 3.63) is 56.4 Å². The molecule has 0 saturated carbocycles. The third-order valence-electron chi connectivity index (χ3n) is 0.693. The monoisotopic (exact) mass is 254 g/mol. The van der Waals surface area contributed by atoms with Crippen LogP contribution in [0.1, 0.15) is 27.2 Å². The summed E-state index contributed by atoms with van der Waals surface area (Å²) in [7, 11) is 0. The Kier molecular flexibility index (Phi) is 123. The minimum absolute atomic E-state index is 0.847. The third-order valence-corrected chi connectivity index (χ3v) is 0.693. The molecule has 0 amide bonds. The Bertz CT molecular complexity index is 322. The maximum Gasteiger partial charge on any atom is 0.00576 e. The van der Waals surface area contributed by atoms with Crippen molar-refractivity contribution >= 4 is 0 Å². The second kappa shape index (κ2) is 77.8. The second-order valence-corrected chi connectivity index (χ2v) is 2.18. The molecule has 102 valence electrons. The van der Waals surface area contributed by atoms with Gasteiger partial charge in [-0.05, 0) is 26.0 Å². The molecule has 0 aromatic rings. The molecular weight excluding hydrogens is 228 g/mol. The van der Waals surface area contributed by atoms with Crippen LogP contribution >= 0.6 is 0 Å². The van der Waals surface area contributed by atoms with Crippen molar-refractivity contribution in [2.75, 3.05) is 0 Å². The average Bonchev–Trinajstić information content (AvgIpc) is 2.48. The van der Waals surface area contributed by atoms with Crippen LogP contribution in [0.5, 0.6) is 0 Å². The van der Waals surface area contributed by atoms with Gasteiger partial charge in [-0.2, -0.15) is 0 Å². The number of terminal acetylenes is 3. The van der Waals surface area contributed by atoms with Gasteiger partial charge in [-0.15, -0.1) is 36.8 Å². The summed E-state index contributed by atoms with van der Waals surface area (Å²) in [5.74, 6) is 6.88. The lowest BCUT2D eigenvalue weighted by atomic mass is 10.5. The van der Waals surface area contributed by atoms with Gasteiger partial charge in [-0.1, -0.05) is 51.3 Å². The largest absolute Gasteiger partial charge is 0.133 e. The van der Waals surface area contributed by atoms with Crippen LogP contribution in [0.2, 0.25) is 0 Å². The van der Waals surface area contributed by atoms with Gasteiger partial charge in [-0.3, -0.25) is 0 Å². The zero-order chi connectivity index (χ0) is 16.4. The van der Waals surface area contributed by atoms with E-state index in [1.54, 1.807) is 25.2 Å². The second-order valence-electron chi connectivity index (χ2n) is 2.18. The van der Waals surface area contributed by atoms with E-state index >= 15 is 0 Å². The molecule has 0 spiro atoms. The Labute approximate surface area is 121 Å². The molecule has 0 aliphatic carbocycles. The molecular formula is C19H26. The standard InChI is InChI=1S/3C4H6.C4H4.C3H4/c4*1-3-4-2;1-3-2/h4H,1H2,2H3;3-4H,1-2H2;1H,4H2,2H3;1,4H,2H2;1H,2H3. The predicted molar refractivity (Wildman–Crippen MR) is 92.4 cm³/mol. The van der Waals surface area contributed by atoms with Crippen molar-refractivity contribution in [1.29, 1.82) is 0 Å². The smallest absolute Gasteiger partial charge is 0.00576 e. The van der Waals surface area contributed by atoms with Gasteiger partial charge in [0.2, 0.25) is 0 Å². The molecule has 0 heterocycles. The molecule has 0 saturated heterocycles.